The van der Waals surface area contributed by atoms with Crippen LogP contribution in [0.15, 0.2) is 35.3 Å². The number of nitrogens with zero attached hydrogens (tertiary/aromatic N) is 1. The van der Waals surface area contributed by atoms with E-state index in [2.05, 4.69) is 68.8 Å². The van der Waals surface area contributed by atoms with Gasteiger partial charge < -0.3 is 115 Å². The quantitative estimate of drug-likeness (QED) is 0.0281. The first-order valence-electron chi connectivity index (χ1n) is 33.6. The maximum atomic E-state index is 14.7. The minimum Gasteiger partial charge on any atom is -0.479 e. The van der Waals surface area contributed by atoms with Gasteiger partial charge in [-0.3, -0.25) is 57.7 Å². The third-order valence-corrected chi connectivity index (χ3v) is 18.2. The van der Waals surface area contributed by atoms with Gasteiger partial charge in [-0.2, -0.15) is 0 Å². The molecule has 560 valence electrons. The molecule has 0 spiro atoms. The van der Waals surface area contributed by atoms with Crippen LogP contribution in [0.3, 0.4) is 0 Å². The molecule has 3 aliphatic rings. The van der Waals surface area contributed by atoms with E-state index in [1.165, 1.54) is 20.9 Å². The highest BCUT2D eigenvalue weighted by atomic mass is 16.7. The summed E-state index contributed by atoms with van der Waals surface area (Å²) in [6.07, 6.45) is -12.2. The molecule has 0 radical (unpaired) electrons. The number of aliphatic hydroxyl groups excluding tert-OH is 4. The third kappa shape index (κ3) is 24.0. The number of aliphatic carboxylic acids is 1. The maximum Gasteiger partial charge on any atom is 0.335 e. The Morgan fingerprint density at radius 2 is 1.18 bits per heavy atom. The number of cyclic esters (lactones) is 1. The second kappa shape index (κ2) is 39.9. The summed E-state index contributed by atoms with van der Waals surface area (Å²) in [5.74, 6) is -16.2. The van der Waals surface area contributed by atoms with Crippen molar-refractivity contribution in [3.8, 4) is 0 Å². The van der Waals surface area contributed by atoms with Gasteiger partial charge in [0.25, 0.3) is 0 Å². The molecule has 0 aromatic heterocycles. The van der Waals surface area contributed by atoms with E-state index in [0.717, 1.165) is 5.56 Å². The number of amides is 11. The first kappa shape index (κ1) is 83.7. The number of esters is 1. The molecule has 5 unspecified atom stereocenters. The van der Waals surface area contributed by atoms with Crippen molar-refractivity contribution in [2.45, 2.75) is 230 Å². The molecule has 0 saturated carbocycles. The number of hydrogen-bond acceptors (Lipinski definition) is 24. The van der Waals surface area contributed by atoms with Gasteiger partial charge in [-0.1, -0.05) is 111 Å². The molecule has 1 aromatic carbocycles. The summed E-state index contributed by atoms with van der Waals surface area (Å²) in [6.45, 7) is 13.8. The van der Waals surface area contributed by atoms with E-state index in [4.69, 9.17) is 25.7 Å². The highest BCUT2D eigenvalue weighted by Gasteiger charge is 2.49. The normalized spacial score (nSPS) is 26.0. The van der Waals surface area contributed by atoms with E-state index in [0.29, 0.717) is 12.8 Å². The van der Waals surface area contributed by atoms with Crippen molar-refractivity contribution in [1.29, 1.82) is 0 Å². The number of primary amides is 1. The summed E-state index contributed by atoms with van der Waals surface area (Å²) in [6, 6.07) is -8.33. The molecular formula is C64H103N15O21. The van der Waals surface area contributed by atoms with Crippen molar-refractivity contribution in [2.75, 3.05) is 26.8 Å². The number of benzene rings is 1. The van der Waals surface area contributed by atoms with Gasteiger partial charge in [0.15, 0.2) is 18.4 Å². The Morgan fingerprint density at radius 3 is 1.69 bits per heavy atom. The second-order valence-corrected chi connectivity index (χ2v) is 25.7. The van der Waals surface area contributed by atoms with Gasteiger partial charge in [0.1, 0.15) is 84.8 Å². The maximum absolute atomic E-state index is 14.7. The highest BCUT2D eigenvalue weighted by Crippen LogP contribution is 2.24. The molecular weight excluding hydrogens is 1310 g/mol. The predicted octanol–water partition coefficient (Wildman–Crippen LogP) is -6.34. The van der Waals surface area contributed by atoms with Crippen LogP contribution in [0, 0.1) is 23.7 Å². The largest absolute Gasteiger partial charge is 0.479 e. The summed E-state index contributed by atoms with van der Waals surface area (Å²) < 4.78 is 16.6. The minimum absolute atomic E-state index is 0.0354. The van der Waals surface area contributed by atoms with Crippen LogP contribution in [0.5, 0.6) is 0 Å². The lowest BCUT2D eigenvalue weighted by Gasteiger charge is -2.39. The summed E-state index contributed by atoms with van der Waals surface area (Å²) in [4.78, 5) is 185. The molecule has 36 nitrogen and oxygen atoms in total. The average Bonchev–Trinajstić information content (AvgIpc) is 0.884. The zero-order chi connectivity index (χ0) is 75.0. The van der Waals surface area contributed by atoms with Gasteiger partial charge in [-0.25, -0.2) is 9.59 Å². The number of likely N-dealkylation sites (N-methyl/N-ethyl adjacent to an activating group) is 1. The van der Waals surface area contributed by atoms with Crippen molar-refractivity contribution >= 4 is 82.9 Å². The summed E-state index contributed by atoms with van der Waals surface area (Å²) in [5, 5.41) is 83.2. The van der Waals surface area contributed by atoms with E-state index in [1.807, 2.05) is 0 Å². The lowest BCUT2D eigenvalue weighted by Crippen LogP contribution is -2.64. The Hall–Kier alpha value is -8.68. The minimum atomic E-state index is -2.16. The summed E-state index contributed by atoms with van der Waals surface area (Å²) in [5.41, 5.74) is 12.1. The molecule has 2 saturated heterocycles. The molecule has 100 heavy (non-hydrogen) atoms. The first-order valence-corrected chi connectivity index (χ1v) is 33.6. The van der Waals surface area contributed by atoms with Gasteiger partial charge in [-0.05, 0) is 69.4 Å². The number of hydrogen-bond donors (Lipinski definition) is 19. The molecule has 3 aliphatic heterocycles. The van der Waals surface area contributed by atoms with Crippen molar-refractivity contribution < 1.29 is 102 Å². The monoisotopic (exact) mass is 1420 g/mol. The molecule has 2 fully saturated rings. The number of aliphatic imine (C=N–C) groups is 1. The Morgan fingerprint density at radius 1 is 0.650 bits per heavy atom. The molecule has 36 heteroatoms. The molecule has 0 aliphatic carbocycles. The van der Waals surface area contributed by atoms with Crippen LogP contribution in [-0.4, -0.2) is 245 Å². The van der Waals surface area contributed by atoms with E-state index < -0.39 is 236 Å². The number of carbonyl (C=O) groups is 13. The van der Waals surface area contributed by atoms with Crippen LogP contribution >= 0.6 is 0 Å². The van der Waals surface area contributed by atoms with Crippen LogP contribution in [-0.2, 0) is 83.0 Å². The van der Waals surface area contributed by atoms with Crippen molar-refractivity contribution in [3.05, 3.63) is 35.9 Å². The van der Waals surface area contributed by atoms with Crippen LogP contribution in [0.2, 0.25) is 0 Å². The fourth-order valence-corrected chi connectivity index (χ4v) is 10.9. The number of rotatable bonds is 35. The zero-order valence-corrected chi connectivity index (χ0v) is 58.2. The standard InChI is InChI=1S/C64H103N15O21/c1-12-28(5)42(76-53(87)37(67-11)23-34-19-17-16-18-20-34)58(92)74-40(27-98-63-49(84)47(82)48(83)50(100-63)61(95)96)56(90)71-36(21-22-41(65)81)52(86)75-44(30(7)14-3)59(93)77-43(29(6)13-2)57(91)73-39(26-80)55(89)79-46-33(10)99-62(97)45(31(8)15-4)78-54(88)38(24-35-25-68-64(66)70-35)72-51(85)32(9)69-60(46)94/h16-20,28-33,35-40,42-50,63,67,80,82-84H,12-15,21-27H2,1-11H3,(H2,65,81)(H,69,94)(H,71,90)(H,72,85)(H,73,91)(H,74,92)(H,75,86)(H,76,87)(H,77,93)(H,78,88)(H,79,89)(H,95,96)(H3,66,68,70)/t28-,29-,30-,31-,32-,33-,35-,36+,37+,38-,39-,40-,42-,43-,44+,45-,46+,47?,48?,49?,50?,63?/m0/s1. The summed E-state index contributed by atoms with van der Waals surface area (Å²) in [7, 11) is 1.54. The lowest BCUT2D eigenvalue weighted by molar-refractivity contribution is -0.294. The first-order chi connectivity index (χ1) is 47.1. The van der Waals surface area contributed by atoms with Crippen LogP contribution in [0.4, 0.5) is 0 Å². The van der Waals surface area contributed by atoms with E-state index in [1.54, 1.807) is 85.7 Å². The van der Waals surface area contributed by atoms with E-state index in [-0.39, 0.29) is 38.2 Å². The Bertz CT molecular complexity index is 3040. The van der Waals surface area contributed by atoms with Crippen molar-refractivity contribution in [2.24, 2.45) is 40.1 Å². The molecule has 4 rings (SSSR count). The molecule has 3 heterocycles. The number of aliphatic hydroxyl groups is 4. The van der Waals surface area contributed by atoms with Gasteiger partial charge in [-0.15, -0.1) is 0 Å². The number of carbonyl (C=O) groups excluding carboxylic acids is 12. The number of ether oxygens (including phenoxy) is 3. The number of nitrogens with one attached hydrogen (secondary N) is 12. The third-order valence-electron chi connectivity index (χ3n) is 18.2. The second-order valence-electron chi connectivity index (χ2n) is 25.7. The smallest absolute Gasteiger partial charge is 0.335 e. The number of guanidine groups is 1. The molecule has 1 aromatic rings. The van der Waals surface area contributed by atoms with Crippen molar-refractivity contribution in [1.82, 2.24) is 63.8 Å². The Labute approximate surface area is 579 Å². The Kier molecular flexibility index (Phi) is 33.4. The van der Waals surface area contributed by atoms with E-state index >= 15 is 0 Å². The zero-order valence-electron chi connectivity index (χ0n) is 58.2. The topological polar surface area (TPSA) is 560 Å². The highest BCUT2D eigenvalue weighted by molar-refractivity contribution is 6.00. The summed E-state index contributed by atoms with van der Waals surface area (Å²) >= 11 is 0. The Balaban J connectivity index is 1.62. The molecule has 21 N–H and O–H groups in total. The molecule has 22 atom stereocenters. The lowest BCUT2D eigenvalue weighted by atomic mass is 9.94. The fourth-order valence-electron chi connectivity index (χ4n) is 10.9. The fraction of sp³-hybridized carbons (Fsp3) is 0.688. The number of nitrogens with two attached hydrogens (primary N) is 2. The number of carboxylic acids is 1. The van der Waals surface area contributed by atoms with Gasteiger partial charge >= 0.3 is 11.9 Å². The SMILES string of the molecule is CC[C@H](C)[C@H](NC(=O)[C@@H](Cc1ccccc1)NC)C(=O)N[C@@H](COC1OC(C(=O)O)C(O)C(O)C1O)C(=O)N[C@H](CCC(N)=O)C(=O)N[C@@H](C(=O)N[C@H](C(=O)N[C@@H](CO)C(=O)N[C@H]1C(=O)N[C@@H](C)C(=O)N[C@@H](C[C@H]2CN=C(N)N2)C(=O)N[C@@H]([C@@H](C)CC)C(=O)O[C@H]1C)[C@@H](C)CC)[C@@H](C)CC. The molecule has 0 bridgehead atoms. The molecule has 11 amide bonds. The average molecular weight is 1420 g/mol. The van der Waals surface area contributed by atoms with Crippen LogP contribution < -0.4 is 75.3 Å². The van der Waals surface area contributed by atoms with Crippen LogP contribution in [0.1, 0.15) is 120 Å². The van der Waals surface area contributed by atoms with Crippen LogP contribution in [0.25, 0.3) is 0 Å². The van der Waals surface area contributed by atoms with Gasteiger partial charge in [0.05, 0.1) is 31.8 Å². The van der Waals surface area contributed by atoms with E-state index in [9.17, 15) is 87.9 Å². The predicted molar refractivity (Wildman–Crippen MR) is 355 cm³/mol. The van der Waals surface area contributed by atoms with Crippen molar-refractivity contribution in [3.63, 3.8) is 0 Å². The van der Waals surface area contributed by atoms with Gasteiger partial charge in [0, 0.05) is 6.42 Å². The number of carboxylic acid groups (broad SMARTS) is 1. The van der Waals surface area contributed by atoms with Gasteiger partial charge in [0.2, 0.25) is 65.0 Å².